The second kappa shape index (κ2) is 7.18. The molecule has 0 bridgehead atoms. The normalized spacial score (nSPS) is 18.7. The van der Waals surface area contributed by atoms with E-state index in [2.05, 4.69) is 15.3 Å². The molecule has 1 atom stereocenters. The Balaban J connectivity index is 1.67. The van der Waals surface area contributed by atoms with E-state index < -0.39 is 9.84 Å². The quantitative estimate of drug-likeness (QED) is 0.865. The second-order valence-corrected chi connectivity index (χ2v) is 8.31. The number of nitrogens with one attached hydrogen (secondary N) is 1. The SMILES string of the molecule is CN(C(=O)c1ccnc(NCc2ccccc2)n1)C1CCS(=O)(=O)C1. The first-order valence-corrected chi connectivity index (χ1v) is 9.85. The molecule has 25 heavy (non-hydrogen) atoms. The van der Waals surface area contributed by atoms with Gasteiger partial charge in [-0.2, -0.15) is 0 Å². The Hall–Kier alpha value is -2.48. The van der Waals surface area contributed by atoms with Crippen molar-refractivity contribution in [1.29, 1.82) is 0 Å². The summed E-state index contributed by atoms with van der Waals surface area (Å²) in [4.78, 5) is 22.4. The molecular formula is C17H20N4O3S. The van der Waals surface area contributed by atoms with Crippen LogP contribution in [0, 0.1) is 0 Å². The Labute approximate surface area is 147 Å². The van der Waals surface area contributed by atoms with Crippen LogP contribution in [0.2, 0.25) is 0 Å². The van der Waals surface area contributed by atoms with Crippen molar-refractivity contribution >= 4 is 21.7 Å². The lowest BCUT2D eigenvalue weighted by atomic mass is 10.2. The van der Waals surface area contributed by atoms with E-state index in [-0.39, 0.29) is 29.1 Å². The van der Waals surface area contributed by atoms with E-state index >= 15 is 0 Å². The fourth-order valence-electron chi connectivity index (χ4n) is 2.77. The third-order valence-electron chi connectivity index (χ3n) is 4.24. The molecule has 0 aliphatic carbocycles. The zero-order valence-corrected chi connectivity index (χ0v) is 14.7. The highest BCUT2D eigenvalue weighted by Crippen LogP contribution is 2.18. The number of hydrogen-bond donors (Lipinski definition) is 1. The summed E-state index contributed by atoms with van der Waals surface area (Å²) in [7, 11) is -1.42. The van der Waals surface area contributed by atoms with Crippen molar-refractivity contribution in [2.75, 3.05) is 23.9 Å². The maximum atomic E-state index is 12.6. The van der Waals surface area contributed by atoms with Crippen molar-refractivity contribution in [1.82, 2.24) is 14.9 Å². The summed E-state index contributed by atoms with van der Waals surface area (Å²) in [6.07, 6.45) is 1.99. The van der Waals surface area contributed by atoms with Crippen LogP contribution in [0.15, 0.2) is 42.6 Å². The van der Waals surface area contributed by atoms with Crippen molar-refractivity contribution < 1.29 is 13.2 Å². The van der Waals surface area contributed by atoms with Gasteiger partial charge in [-0.05, 0) is 18.1 Å². The van der Waals surface area contributed by atoms with Gasteiger partial charge in [0.2, 0.25) is 5.95 Å². The molecule has 3 rings (SSSR count). The number of rotatable bonds is 5. The van der Waals surface area contributed by atoms with E-state index in [0.717, 1.165) is 5.56 Å². The van der Waals surface area contributed by atoms with Crippen LogP contribution < -0.4 is 5.32 Å². The fraction of sp³-hybridized carbons (Fsp3) is 0.353. The van der Waals surface area contributed by atoms with Gasteiger partial charge < -0.3 is 10.2 Å². The van der Waals surface area contributed by atoms with Crippen LogP contribution in [-0.4, -0.2) is 53.8 Å². The van der Waals surface area contributed by atoms with Crippen molar-refractivity contribution in [3.63, 3.8) is 0 Å². The highest BCUT2D eigenvalue weighted by molar-refractivity contribution is 7.91. The topological polar surface area (TPSA) is 92.3 Å². The smallest absolute Gasteiger partial charge is 0.272 e. The van der Waals surface area contributed by atoms with E-state index in [1.165, 1.54) is 17.2 Å². The first-order valence-electron chi connectivity index (χ1n) is 8.03. The Morgan fingerprint density at radius 1 is 1.28 bits per heavy atom. The molecule has 0 radical (unpaired) electrons. The first-order chi connectivity index (χ1) is 11.9. The second-order valence-electron chi connectivity index (χ2n) is 6.08. The van der Waals surface area contributed by atoms with Gasteiger partial charge in [0.25, 0.3) is 5.91 Å². The average Bonchev–Trinajstić information content (AvgIpc) is 3.00. The van der Waals surface area contributed by atoms with Gasteiger partial charge in [-0.1, -0.05) is 30.3 Å². The number of benzene rings is 1. The zero-order chi connectivity index (χ0) is 17.9. The van der Waals surface area contributed by atoms with Gasteiger partial charge in [-0.3, -0.25) is 4.79 Å². The van der Waals surface area contributed by atoms with E-state index in [4.69, 9.17) is 0 Å². The monoisotopic (exact) mass is 360 g/mol. The number of aromatic nitrogens is 2. The highest BCUT2D eigenvalue weighted by Gasteiger charge is 2.33. The van der Waals surface area contributed by atoms with Gasteiger partial charge in [-0.15, -0.1) is 0 Å². The highest BCUT2D eigenvalue weighted by atomic mass is 32.2. The van der Waals surface area contributed by atoms with Crippen LogP contribution in [0.4, 0.5) is 5.95 Å². The number of amides is 1. The molecular weight excluding hydrogens is 340 g/mol. The number of sulfone groups is 1. The first kappa shape index (κ1) is 17.3. The largest absolute Gasteiger partial charge is 0.350 e. The maximum Gasteiger partial charge on any atom is 0.272 e. The van der Waals surface area contributed by atoms with Crippen molar-refractivity contribution in [3.8, 4) is 0 Å². The van der Waals surface area contributed by atoms with Crippen molar-refractivity contribution in [2.24, 2.45) is 0 Å². The molecule has 1 aliphatic heterocycles. The Morgan fingerprint density at radius 3 is 2.72 bits per heavy atom. The van der Waals surface area contributed by atoms with E-state index in [1.807, 2.05) is 30.3 Å². The summed E-state index contributed by atoms with van der Waals surface area (Å²) in [6.45, 7) is 0.551. The van der Waals surface area contributed by atoms with Gasteiger partial charge in [0.1, 0.15) is 5.69 Å². The van der Waals surface area contributed by atoms with Crippen LogP contribution in [0.25, 0.3) is 0 Å². The van der Waals surface area contributed by atoms with Crippen molar-refractivity contribution in [3.05, 3.63) is 53.9 Å². The molecule has 1 aliphatic rings. The minimum atomic E-state index is -3.04. The van der Waals surface area contributed by atoms with Gasteiger partial charge >= 0.3 is 0 Å². The Bertz CT molecular complexity index is 855. The molecule has 1 amide bonds. The van der Waals surface area contributed by atoms with Crippen LogP contribution in [0.3, 0.4) is 0 Å². The molecule has 1 N–H and O–H groups in total. The van der Waals surface area contributed by atoms with E-state index in [1.54, 1.807) is 7.05 Å². The molecule has 2 aromatic rings. The van der Waals surface area contributed by atoms with E-state index in [9.17, 15) is 13.2 Å². The van der Waals surface area contributed by atoms with Crippen LogP contribution >= 0.6 is 0 Å². The van der Waals surface area contributed by atoms with Gasteiger partial charge in [-0.25, -0.2) is 18.4 Å². The summed E-state index contributed by atoms with van der Waals surface area (Å²) in [5.41, 5.74) is 1.33. The molecule has 2 heterocycles. The molecule has 7 nitrogen and oxygen atoms in total. The molecule has 1 aromatic carbocycles. The predicted molar refractivity (Wildman–Crippen MR) is 95.0 cm³/mol. The van der Waals surface area contributed by atoms with Crippen LogP contribution in [0.5, 0.6) is 0 Å². The summed E-state index contributed by atoms with van der Waals surface area (Å²) in [5.74, 6) is 0.206. The van der Waals surface area contributed by atoms with Crippen LogP contribution in [-0.2, 0) is 16.4 Å². The summed E-state index contributed by atoms with van der Waals surface area (Å²) >= 11 is 0. The molecule has 1 aromatic heterocycles. The molecule has 8 heteroatoms. The van der Waals surface area contributed by atoms with Gasteiger partial charge in [0, 0.05) is 25.8 Å². The third-order valence-corrected chi connectivity index (χ3v) is 5.99. The van der Waals surface area contributed by atoms with Crippen molar-refractivity contribution in [2.45, 2.75) is 19.0 Å². The molecule has 1 fully saturated rings. The molecule has 132 valence electrons. The molecule has 0 saturated carbocycles. The summed E-state index contributed by atoms with van der Waals surface area (Å²) in [5, 5.41) is 3.09. The average molecular weight is 360 g/mol. The number of hydrogen-bond acceptors (Lipinski definition) is 6. The summed E-state index contributed by atoms with van der Waals surface area (Å²) in [6, 6.07) is 11.0. The minimum absolute atomic E-state index is 0.0133. The zero-order valence-electron chi connectivity index (χ0n) is 13.9. The number of carbonyl (C=O) groups excluding carboxylic acids is 1. The lowest BCUT2D eigenvalue weighted by molar-refractivity contribution is 0.0741. The molecule has 0 spiro atoms. The minimum Gasteiger partial charge on any atom is -0.350 e. The van der Waals surface area contributed by atoms with Crippen LogP contribution in [0.1, 0.15) is 22.5 Å². The summed E-state index contributed by atoms with van der Waals surface area (Å²) < 4.78 is 23.2. The Morgan fingerprint density at radius 2 is 2.04 bits per heavy atom. The number of carbonyl (C=O) groups is 1. The standard InChI is InChI=1S/C17H20N4O3S/c1-21(14-8-10-25(23,24)12-14)16(22)15-7-9-18-17(20-15)19-11-13-5-3-2-4-6-13/h2-7,9,14H,8,10-12H2,1H3,(H,18,19,20). The fourth-order valence-corrected chi connectivity index (χ4v) is 4.54. The maximum absolute atomic E-state index is 12.6. The van der Waals surface area contributed by atoms with E-state index in [0.29, 0.717) is 18.9 Å². The molecule has 1 unspecified atom stereocenters. The number of anilines is 1. The lowest BCUT2D eigenvalue weighted by Crippen LogP contribution is -2.38. The lowest BCUT2D eigenvalue weighted by Gasteiger charge is -2.23. The number of nitrogens with zero attached hydrogens (tertiary/aromatic N) is 3. The Kier molecular flexibility index (Phi) is 4.98. The van der Waals surface area contributed by atoms with Gasteiger partial charge in [0.15, 0.2) is 9.84 Å². The predicted octanol–water partition coefficient (Wildman–Crippen LogP) is 1.35. The third kappa shape index (κ3) is 4.33. The molecule has 1 saturated heterocycles. The van der Waals surface area contributed by atoms with Gasteiger partial charge in [0.05, 0.1) is 11.5 Å².